The van der Waals surface area contributed by atoms with Gasteiger partial charge in [-0.15, -0.1) is 0 Å². The highest BCUT2D eigenvalue weighted by Gasteiger charge is 2.23. The Labute approximate surface area is 148 Å². The molecule has 2 rings (SSSR count). The molecule has 25 heavy (non-hydrogen) atoms. The van der Waals surface area contributed by atoms with E-state index in [4.69, 9.17) is 0 Å². The topological polar surface area (TPSA) is 58.2 Å². The minimum absolute atomic E-state index is 0.0581. The van der Waals surface area contributed by atoms with Crippen LogP contribution in [0.2, 0.25) is 0 Å². The summed E-state index contributed by atoms with van der Waals surface area (Å²) in [6, 6.07) is 6.00. The Morgan fingerprint density at radius 1 is 1.04 bits per heavy atom. The van der Waals surface area contributed by atoms with Crippen LogP contribution in [0.15, 0.2) is 36.4 Å². The first-order chi connectivity index (χ1) is 11.9. The van der Waals surface area contributed by atoms with E-state index in [0.717, 1.165) is 12.0 Å². The zero-order valence-electron chi connectivity index (χ0n) is 15.1. The molecule has 1 aliphatic rings. The van der Waals surface area contributed by atoms with E-state index in [9.17, 15) is 14.0 Å². The Morgan fingerprint density at radius 3 is 2.32 bits per heavy atom. The van der Waals surface area contributed by atoms with Gasteiger partial charge in [0.05, 0.1) is 6.04 Å². The maximum atomic E-state index is 13.2. The van der Waals surface area contributed by atoms with Gasteiger partial charge in [-0.2, -0.15) is 0 Å². The van der Waals surface area contributed by atoms with Crippen LogP contribution in [0.1, 0.15) is 51.6 Å². The Morgan fingerprint density at radius 2 is 1.68 bits per heavy atom. The lowest BCUT2D eigenvalue weighted by atomic mass is 9.96. The SMILES string of the molecule is CC(C)[C@H]1C/C=C\C[C@H](c2ccc(F)cc2)NC(=O)[C@H](C)CC(=O)N1. The lowest BCUT2D eigenvalue weighted by Gasteiger charge is -2.24. The van der Waals surface area contributed by atoms with Gasteiger partial charge in [-0.25, -0.2) is 4.39 Å². The van der Waals surface area contributed by atoms with Gasteiger partial charge < -0.3 is 10.6 Å². The van der Waals surface area contributed by atoms with E-state index >= 15 is 0 Å². The fourth-order valence-electron chi connectivity index (χ4n) is 2.90. The van der Waals surface area contributed by atoms with Gasteiger partial charge in [0.25, 0.3) is 0 Å². The van der Waals surface area contributed by atoms with Crippen molar-refractivity contribution >= 4 is 11.8 Å². The molecule has 1 aromatic rings. The van der Waals surface area contributed by atoms with Crippen LogP contribution in [0, 0.1) is 17.7 Å². The molecule has 0 unspecified atom stereocenters. The minimum atomic E-state index is -0.417. The molecule has 3 atom stereocenters. The van der Waals surface area contributed by atoms with E-state index in [0.29, 0.717) is 12.3 Å². The van der Waals surface area contributed by atoms with Crippen LogP contribution in [0.3, 0.4) is 0 Å². The fourth-order valence-corrected chi connectivity index (χ4v) is 2.90. The predicted molar refractivity (Wildman–Crippen MR) is 96.2 cm³/mol. The van der Waals surface area contributed by atoms with Crippen molar-refractivity contribution in [2.75, 3.05) is 0 Å². The van der Waals surface area contributed by atoms with Crippen LogP contribution >= 0.6 is 0 Å². The summed E-state index contributed by atoms with van der Waals surface area (Å²) in [5.41, 5.74) is 0.855. The highest BCUT2D eigenvalue weighted by molar-refractivity contribution is 5.85. The van der Waals surface area contributed by atoms with E-state index in [1.165, 1.54) is 12.1 Å². The smallest absolute Gasteiger partial charge is 0.223 e. The molecule has 5 heteroatoms. The first kappa shape index (κ1) is 19.2. The molecule has 2 amide bonds. The monoisotopic (exact) mass is 346 g/mol. The molecule has 1 aromatic carbocycles. The number of amides is 2. The third-order valence-corrected chi connectivity index (χ3v) is 4.61. The summed E-state index contributed by atoms with van der Waals surface area (Å²) in [5, 5.41) is 6.00. The molecule has 136 valence electrons. The van der Waals surface area contributed by atoms with E-state index in [-0.39, 0.29) is 36.1 Å². The van der Waals surface area contributed by atoms with E-state index in [1.54, 1.807) is 19.1 Å². The maximum Gasteiger partial charge on any atom is 0.223 e. The summed E-state index contributed by atoms with van der Waals surface area (Å²) < 4.78 is 13.2. The van der Waals surface area contributed by atoms with Gasteiger partial charge in [0, 0.05) is 18.4 Å². The highest BCUT2D eigenvalue weighted by atomic mass is 19.1. The molecule has 1 heterocycles. The normalized spacial score (nSPS) is 27.0. The average Bonchev–Trinajstić information content (AvgIpc) is 2.55. The van der Waals surface area contributed by atoms with Crippen LogP contribution in [-0.4, -0.2) is 17.9 Å². The molecule has 0 saturated heterocycles. The predicted octanol–water partition coefficient (Wildman–Crippen LogP) is 3.50. The van der Waals surface area contributed by atoms with Crippen LogP contribution in [0.25, 0.3) is 0 Å². The van der Waals surface area contributed by atoms with Gasteiger partial charge >= 0.3 is 0 Å². The van der Waals surface area contributed by atoms with Gasteiger partial charge in [-0.3, -0.25) is 9.59 Å². The maximum absolute atomic E-state index is 13.2. The summed E-state index contributed by atoms with van der Waals surface area (Å²) in [7, 11) is 0. The van der Waals surface area contributed by atoms with Gasteiger partial charge in [-0.1, -0.05) is 45.1 Å². The molecule has 0 radical (unpaired) electrons. The van der Waals surface area contributed by atoms with Gasteiger partial charge in [0.1, 0.15) is 5.82 Å². The fraction of sp³-hybridized carbons (Fsp3) is 0.500. The summed E-state index contributed by atoms with van der Waals surface area (Å²) >= 11 is 0. The van der Waals surface area contributed by atoms with Crippen LogP contribution in [0.4, 0.5) is 4.39 Å². The molecule has 0 fully saturated rings. The van der Waals surface area contributed by atoms with Crippen molar-refractivity contribution in [2.45, 2.75) is 52.1 Å². The van der Waals surface area contributed by atoms with Crippen molar-refractivity contribution in [1.82, 2.24) is 10.6 Å². The van der Waals surface area contributed by atoms with Crippen molar-refractivity contribution in [2.24, 2.45) is 11.8 Å². The molecular weight excluding hydrogens is 319 g/mol. The molecule has 0 saturated carbocycles. The molecule has 4 nitrogen and oxygen atoms in total. The third-order valence-electron chi connectivity index (χ3n) is 4.61. The number of hydrogen-bond acceptors (Lipinski definition) is 2. The molecule has 0 spiro atoms. The van der Waals surface area contributed by atoms with Crippen molar-refractivity contribution in [3.05, 3.63) is 47.8 Å². The molecule has 2 N–H and O–H groups in total. The molecule has 0 aliphatic carbocycles. The van der Waals surface area contributed by atoms with Gasteiger partial charge in [0.2, 0.25) is 11.8 Å². The van der Waals surface area contributed by atoms with Crippen molar-refractivity contribution in [3.8, 4) is 0 Å². The lowest BCUT2D eigenvalue weighted by molar-refractivity contribution is -0.130. The van der Waals surface area contributed by atoms with Crippen molar-refractivity contribution in [1.29, 1.82) is 0 Å². The van der Waals surface area contributed by atoms with Crippen LogP contribution in [-0.2, 0) is 9.59 Å². The number of hydrogen-bond donors (Lipinski definition) is 2. The number of carbonyl (C=O) groups is 2. The van der Waals surface area contributed by atoms with Crippen molar-refractivity contribution < 1.29 is 14.0 Å². The third kappa shape index (κ3) is 5.69. The standard InChI is InChI=1S/C20H27FN2O2/c1-13(2)17-6-4-5-7-18(15-8-10-16(21)11-9-15)23-20(25)14(3)12-19(24)22-17/h4-5,8-11,13-14,17-18H,6-7,12H2,1-3H3,(H,22,24)(H,23,25)/b5-4-/t14-,17-,18-/m1/s1. The minimum Gasteiger partial charge on any atom is -0.353 e. The number of halogens is 1. The number of benzene rings is 1. The van der Waals surface area contributed by atoms with E-state index in [1.807, 2.05) is 12.2 Å². The summed E-state index contributed by atoms with van der Waals surface area (Å²) in [5.74, 6) is -0.676. The summed E-state index contributed by atoms with van der Waals surface area (Å²) in [6.07, 6.45) is 5.60. The second kappa shape index (κ2) is 8.79. The quantitative estimate of drug-likeness (QED) is 0.805. The van der Waals surface area contributed by atoms with E-state index < -0.39 is 5.92 Å². The average molecular weight is 346 g/mol. The molecular formula is C20H27FN2O2. The van der Waals surface area contributed by atoms with Crippen molar-refractivity contribution in [3.63, 3.8) is 0 Å². The highest BCUT2D eigenvalue weighted by Crippen LogP contribution is 2.20. The summed E-state index contributed by atoms with van der Waals surface area (Å²) in [6.45, 7) is 5.90. The summed E-state index contributed by atoms with van der Waals surface area (Å²) in [4.78, 5) is 24.7. The van der Waals surface area contributed by atoms with E-state index in [2.05, 4.69) is 24.5 Å². The second-order valence-electron chi connectivity index (χ2n) is 7.08. The zero-order valence-corrected chi connectivity index (χ0v) is 15.1. The Kier molecular flexibility index (Phi) is 6.73. The first-order valence-corrected chi connectivity index (χ1v) is 8.87. The molecule has 0 aromatic heterocycles. The first-order valence-electron chi connectivity index (χ1n) is 8.87. The Bertz CT molecular complexity index is 625. The largest absolute Gasteiger partial charge is 0.353 e. The van der Waals surface area contributed by atoms with Crippen LogP contribution in [0.5, 0.6) is 0 Å². The molecule has 0 bridgehead atoms. The van der Waals surface area contributed by atoms with Gasteiger partial charge in [-0.05, 0) is 36.5 Å². The molecule has 1 aliphatic heterocycles. The zero-order chi connectivity index (χ0) is 18.4. The lowest BCUT2D eigenvalue weighted by Crippen LogP contribution is -2.41. The van der Waals surface area contributed by atoms with Gasteiger partial charge in [0.15, 0.2) is 0 Å². The number of rotatable bonds is 2. The number of nitrogens with one attached hydrogen (secondary N) is 2. The Balaban J connectivity index is 2.22. The Hall–Kier alpha value is -2.17. The number of carbonyl (C=O) groups excluding carboxylic acids is 2. The van der Waals surface area contributed by atoms with Crippen LogP contribution < -0.4 is 10.6 Å². The second-order valence-corrected chi connectivity index (χ2v) is 7.08.